The van der Waals surface area contributed by atoms with Gasteiger partial charge >= 0.3 is 5.97 Å². The summed E-state index contributed by atoms with van der Waals surface area (Å²) in [6, 6.07) is 5.55. The van der Waals surface area contributed by atoms with Crippen molar-refractivity contribution in [2.75, 3.05) is 13.2 Å². The first-order valence-electron chi connectivity index (χ1n) is 6.75. The molecule has 0 saturated heterocycles. The van der Waals surface area contributed by atoms with Crippen LogP contribution in [0.5, 0.6) is 0 Å². The summed E-state index contributed by atoms with van der Waals surface area (Å²) >= 11 is 0. The summed E-state index contributed by atoms with van der Waals surface area (Å²) in [7, 11) is 0. The summed E-state index contributed by atoms with van der Waals surface area (Å²) in [5, 5.41) is 18.1. The van der Waals surface area contributed by atoms with E-state index in [9.17, 15) is 4.79 Å². The Morgan fingerprint density at radius 3 is 2.74 bits per heavy atom. The van der Waals surface area contributed by atoms with Crippen molar-refractivity contribution in [2.24, 2.45) is 0 Å². The largest absolute Gasteiger partial charge is 0.477 e. The number of pyridine rings is 1. The molecule has 0 atom stereocenters. The van der Waals surface area contributed by atoms with Crippen molar-refractivity contribution in [2.45, 2.75) is 38.3 Å². The van der Waals surface area contributed by atoms with Crippen molar-refractivity contribution in [3.05, 3.63) is 29.6 Å². The van der Waals surface area contributed by atoms with Crippen LogP contribution in [-0.4, -0.2) is 45.3 Å². The second kappa shape index (κ2) is 6.63. The van der Waals surface area contributed by atoms with E-state index in [1.165, 1.54) is 18.9 Å². The highest BCUT2D eigenvalue weighted by molar-refractivity contribution is 5.85. The number of carboxylic acid groups (broad SMARTS) is 1. The van der Waals surface area contributed by atoms with Crippen LogP contribution in [0.1, 0.15) is 41.9 Å². The van der Waals surface area contributed by atoms with Gasteiger partial charge in [-0.15, -0.1) is 0 Å². The topological polar surface area (TPSA) is 73.7 Å². The molecule has 104 valence electrons. The van der Waals surface area contributed by atoms with Crippen molar-refractivity contribution in [1.29, 1.82) is 0 Å². The zero-order valence-electron chi connectivity index (χ0n) is 11.0. The maximum absolute atomic E-state index is 10.9. The number of aromatic carboxylic acids is 1. The Bertz CT molecular complexity index is 430. The van der Waals surface area contributed by atoms with Crippen LogP contribution in [0.3, 0.4) is 0 Å². The molecule has 1 aromatic rings. The standard InChI is InChI=1S/C14H20N2O3/c17-9-8-16(12-5-1-2-6-12)10-11-4-3-7-13(15-11)14(18)19/h3-4,7,12,17H,1-2,5-6,8-10H2,(H,18,19). The minimum atomic E-state index is -1.00. The second-order valence-corrected chi connectivity index (χ2v) is 4.95. The van der Waals surface area contributed by atoms with Crippen molar-refractivity contribution in [1.82, 2.24) is 9.88 Å². The minimum Gasteiger partial charge on any atom is -0.477 e. The van der Waals surface area contributed by atoms with Crippen molar-refractivity contribution >= 4 is 5.97 Å². The predicted octanol–water partition coefficient (Wildman–Crippen LogP) is 1.52. The van der Waals surface area contributed by atoms with Crippen LogP contribution in [0.4, 0.5) is 0 Å². The maximum atomic E-state index is 10.9. The second-order valence-electron chi connectivity index (χ2n) is 4.95. The van der Waals surface area contributed by atoms with E-state index in [0.29, 0.717) is 19.1 Å². The fraction of sp³-hybridized carbons (Fsp3) is 0.571. The fourth-order valence-electron chi connectivity index (χ4n) is 2.68. The van der Waals surface area contributed by atoms with Crippen LogP contribution < -0.4 is 0 Å². The molecule has 0 bridgehead atoms. The van der Waals surface area contributed by atoms with Crippen molar-refractivity contribution < 1.29 is 15.0 Å². The summed E-state index contributed by atoms with van der Waals surface area (Å²) in [5.41, 5.74) is 0.827. The van der Waals surface area contributed by atoms with Gasteiger partial charge in [-0.3, -0.25) is 4.90 Å². The fourth-order valence-corrected chi connectivity index (χ4v) is 2.68. The number of carbonyl (C=O) groups is 1. The zero-order chi connectivity index (χ0) is 13.7. The summed E-state index contributed by atoms with van der Waals surface area (Å²) in [6.07, 6.45) is 4.77. The van der Waals surface area contributed by atoms with Gasteiger partial charge in [0, 0.05) is 19.1 Å². The molecule has 5 nitrogen and oxygen atoms in total. The summed E-state index contributed by atoms with van der Waals surface area (Å²) in [6.45, 7) is 1.34. The van der Waals surface area contributed by atoms with E-state index < -0.39 is 5.97 Å². The van der Waals surface area contributed by atoms with E-state index in [0.717, 1.165) is 18.5 Å². The van der Waals surface area contributed by atoms with Gasteiger partial charge in [-0.05, 0) is 25.0 Å². The molecule has 0 aliphatic heterocycles. The van der Waals surface area contributed by atoms with Gasteiger partial charge in [0.1, 0.15) is 5.69 Å². The third-order valence-electron chi connectivity index (χ3n) is 3.62. The first kappa shape index (κ1) is 14.0. The Balaban J connectivity index is 2.07. The molecule has 19 heavy (non-hydrogen) atoms. The van der Waals surface area contributed by atoms with Crippen molar-refractivity contribution in [3.63, 3.8) is 0 Å². The molecule has 1 aromatic heterocycles. The van der Waals surface area contributed by atoms with E-state index in [4.69, 9.17) is 10.2 Å². The van der Waals surface area contributed by atoms with Crippen LogP contribution in [0.25, 0.3) is 0 Å². The van der Waals surface area contributed by atoms with Crippen LogP contribution in [0, 0.1) is 0 Å². The van der Waals surface area contributed by atoms with Crippen molar-refractivity contribution in [3.8, 4) is 0 Å². The number of nitrogens with zero attached hydrogens (tertiary/aromatic N) is 2. The lowest BCUT2D eigenvalue weighted by Gasteiger charge is -2.27. The molecular weight excluding hydrogens is 244 g/mol. The maximum Gasteiger partial charge on any atom is 0.354 e. The third-order valence-corrected chi connectivity index (χ3v) is 3.62. The highest BCUT2D eigenvalue weighted by Gasteiger charge is 2.22. The molecule has 2 N–H and O–H groups in total. The van der Waals surface area contributed by atoms with E-state index in [1.54, 1.807) is 6.07 Å². The molecule has 1 fully saturated rings. The van der Waals surface area contributed by atoms with Gasteiger partial charge < -0.3 is 10.2 Å². The average Bonchev–Trinajstić information content (AvgIpc) is 2.92. The Morgan fingerprint density at radius 1 is 1.37 bits per heavy atom. The minimum absolute atomic E-state index is 0.0767. The van der Waals surface area contributed by atoms with Gasteiger partial charge in [0.05, 0.1) is 12.3 Å². The lowest BCUT2D eigenvalue weighted by atomic mass is 10.2. The number of aliphatic hydroxyl groups excluding tert-OH is 1. The first-order valence-corrected chi connectivity index (χ1v) is 6.75. The molecule has 0 unspecified atom stereocenters. The van der Waals surface area contributed by atoms with E-state index in [2.05, 4.69) is 9.88 Å². The van der Waals surface area contributed by atoms with Crippen LogP contribution in [0.2, 0.25) is 0 Å². The molecule has 1 aliphatic rings. The third kappa shape index (κ3) is 3.75. The molecule has 0 amide bonds. The molecule has 5 heteroatoms. The molecule has 1 heterocycles. The van der Waals surface area contributed by atoms with E-state index in [-0.39, 0.29) is 12.3 Å². The molecule has 0 aromatic carbocycles. The Kier molecular flexibility index (Phi) is 4.87. The smallest absolute Gasteiger partial charge is 0.354 e. The number of aliphatic hydroxyl groups is 1. The zero-order valence-corrected chi connectivity index (χ0v) is 11.0. The SMILES string of the molecule is O=C(O)c1cccc(CN(CCO)C2CCCC2)n1. The number of rotatable bonds is 6. The molecular formula is C14H20N2O3. The lowest BCUT2D eigenvalue weighted by molar-refractivity contribution is 0.0689. The van der Waals surface area contributed by atoms with Crippen LogP contribution in [0.15, 0.2) is 18.2 Å². The summed E-state index contributed by atoms with van der Waals surface area (Å²) < 4.78 is 0. The average molecular weight is 264 g/mol. The number of hydrogen-bond acceptors (Lipinski definition) is 4. The lowest BCUT2D eigenvalue weighted by Crippen LogP contribution is -2.35. The Labute approximate surface area is 112 Å². The number of aromatic nitrogens is 1. The normalized spacial score (nSPS) is 16.1. The van der Waals surface area contributed by atoms with Gasteiger partial charge in [0.2, 0.25) is 0 Å². The Morgan fingerprint density at radius 2 is 2.11 bits per heavy atom. The predicted molar refractivity (Wildman–Crippen MR) is 70.9 cm³/mol. The van der Waals surface area contributed by atoms with Gasteiger partial charge in [0.25, 0.3) is 0 Å². The first-order chi connectivity index (χ1) is 9.20. The number of carboxylic acids is 1. The molecule has 2 rings (SSSR count). The molecule has 0 radical (unpaired) electrons. The van der Waals surface area contributed by atoms with Gasteiger partial charge in [-0.1, -0.05) is 18.9 Å². The van der Waals surface area contributed by atoms with Gasteiger partial charge in [0.15, 0.2) is 0 Å². The van der Waals surface area contributed by atoms with Gasteiger partial charge in [-0.25, -0.2) is 9.78 Å². The van der Waals surface area contributed by atoms with Crippen LogP contribution >= 0.6 is 0 Å². The summed E-state index contributed by atoms with van der Waals surface area (Å²) in [4.78, 5) is 17.3. The molecule has 1 aliphatic carbocycles. The summed E-state index contributed by atoms with van der Waals surface area (Å²) in [5.74, 6) is -1.00. The molecule has 0 spiro atoms. The Hall–Kier alpha value is -1.46. The number of hydrogen-bond donors (Lipinski definition) is 2. The quantitative estimate of drug-likeness (QED) is 0.815. The van der Waals surface area contributed by atoms with E-state index in [1.807, 2.05) is 6.07 Å². The van der Waals surface area contributed by atoms with Gasteiger partial charge in [-0.2, -0.15) is 0 Å². The molecule has 1 saturated carbocycles. The monoisotopic (exact) mass is 264 g/mol. The highest BCUT2D eigenvalue weighted by atomic mass is 16.4. The van der Waals surface area contributed by atoms with Crippen LogP contribution in [-0.2, 0) is 6.54 Å². The van der Waals surface area contributed by atoms with E-state index >= 15 is 0 Å². The highest BCUT2D eigenvalue weighted by Crippen LogP contribution is 2.24.